The highest BCUT2D eigenvalue weighted by Crippen LogP contribution is 2.25. The van der Waals surface area contributed by atoms with Crippen LogP contribution in [0.5, 0.6) is 0 Å². The number of morpholine rings is 1. The van der Waals surface area contributed by atoms with Crippen LogP contribution in [-0.4, -0.2) is 59.8 Å². The number of aliphatic imine (C=N–C) groups is 1. The number of imidazole rings is 1. The van der Waals surface area contributed by atoms with Gasteiger partial charge in [0.1, 0.15) is 12.4 Å². The molecule has 0 amide bonds. The van der Waals surface area contributed by atoms with Crippen molar-refractivity contribution in [1.29, 1.82) is 0 Å². The molecule has 3 heterocycles. The number of aromatic nitrogens is 2. The highest BCUT2D eigenvalue weighted by molar-refractivity contribution is 7.10. The minimum Gasteiger partial charge on any atom is -0.379 e. The summed E-state index contributed by atoms with van der Waals surface area (Å²) < 4.78 is 7.74. The second kappa shape index (κ2) is 11.3. The van der Waals surface area contributed by atoms with Crippen LogP contribution in [0, 0.1) is 5.92 Å². The van der Waals surface area contributed by atoms with Gasteiger partial charge < -0.3 is 19.9 Å². The maximum Gasteiger partial charge on any atom is 0.191 e. The number of thiophene rings is 1. The fourth-order valence-electron chi connectivity index (χ4n) is 3.52. The van der Waals surface area contributed by atoms with Crippen LogP contribution in [0.1, 0.15) is 37.5 Å². The molecule has 0 radical (unpaired) electrons. The number of hydrogen-bond donors (Lipinski definition) is 2. The molecule has 0 aromatic carbocycles. The van der Waals surface area contributed by atoms with Crippen LogP contribution in [0.15, 0.2) is 34.9 Å². The first-order valence-corrected chi connectivity index (χ1v) is 11.4. The molecule has 0 bridgehead atoms. The second-order valence-corrected chi connectivity index (χ2v) is 8.62. The predicted octanol–water partition coefficient (Wildman–Crippen LogP) is 2.73. The van der Waals surface area contributed by atoms with Crippen molar-refractivity contribution in [2.24, 2.45) is 10.9 Å². The van der Waals surface area contributed by atoms with Gasteiger partial charge in [0.15, 0.2) is 5.96 Å². The minimum atomic E-state index is 0.325. The quantitative estimate of drug-likeness (QED) is 0.484. The molecular formula is C21H34N6OS. The normalized spacial score (nSPS) is 16.9. The predicted molar refractivity (Wildman–Crippen MR) is 119 cm³/mol. The van der Waals surface area contributed by atoms with Crippen molar-refractivity contribution in [2.75, 3.05) is 39.4 Å². The molecule has 29 heavy (non-hydrogen) atoms. The molecule has 3 rings (SSSR count). The van der Waals surface area contributed by atoms with Crippen LogP contribution in [0.4, 0.5) is 0 Å². The number of hydrogen-bond acceptors (Lipinski definition) is 5. The van der Waals surface area contributed by atoms with E-state index < -0.39 is 0 Å². The van der Waals surface area contributed by atoms with Crippen LogP contribution in [-0.2, 0) is 17.8 Å². The second-order valence-electron chi connectivity index (χ2n) is 7.65. The summed E-state index contributed by atoms with van der Waals surface area (Å²) in [5.74, 6) is 2.42. The summed E-state index contributed by atoms with van der Waals surface area (Å²) in [6.07, 6.45) is 3.90. The van der Waals surface area contributed by atoms with E-state index in [1.54, 1.807) is 0 Å². The number of rotatable bonds is 9. The van der Waals surface area contributed by atoms with Gasteiger partial charge >= 0.3 is 0 Å². The molecule has 7 nitrogen and oxygen atoms in total. The van der Waals surface area contributed by atoms with E-state index in [-0.39, 0.29) is 0 Å². The molecule has 1 atom stereocenters. The fourth-order valence-corrected chi connectivity index (χ4v) is 4.38. The van der Waals surface area contributed by atoms with Crippen LogP contribution in [0.2, 0.25) is 0 Å². The number of nitrogens with zero attached hydrogens (tertiary/aromatic N) is 4. The van der Waals surface area contributed by atoms with E-state index in [4.69, 9.17) is 9.73 Å². The standard InChI is InChI=1S/C21H34N6OS/c1-4-22-21(25-15-20-23-7-8-27(20)16-17(2)3)24-14-18(19-6-5-13-29-19)26-9-11-28-12-10-26/h5-8,13,17-18H,4,9-12,14-16H2,1-3H3,(H2,22,24,25). The zero-order chi connectivity index (χ0) is 20.5. The van der Waals surface area contributed by atoms with E-state index in [9.17, 15) is 0 Å². The van der Waals surface area contributed by atoms with E-state index in [1.165, 1.54) is 4.88 Å². The largest absolute Gasteiger partial charge is 0.379 e. The van der Waals surface area contributed by atoms with Crippen molar-refractivity contribution in [2.45, 2.75) is 39.9 Å². The maximum absolute atomic E-state index is 5.55. The molecule has 1 unspecified atom stereocenters. The molecular weight excluding hydrogens is 384 g/mol. The Balaban J connectivity index is 1.65. The first-order chi connectivity index (χ1) is 14.2. The molecule has 1 fully saturated rings. The van der Waals surface area contributed by atoms with Gasteiger partial charge in [0.25, 0.3) is 0 Å². The van der Waals surface area contributed by atoms with Gasteiger partial charge in [0, 0.05) is 50.0 Å². The molecule has 8 heteroatoms. The summed E-state index contributed by atoms with van der Waals surface area (Å²) in [7, 11) is 0. The van der Waals surface area contributed by atoms with Crippen LogP contribution in [0.25, 0.3) is 0 Å². The Morgan fingerprint density at radius 3 is 2.83 bits per heavy atom. The molecule has 2 aromatic rings. The highest BCUT2D eigenvalue weighted by atomic mass is 32.1. The lowest BCUT2D eigenvalue weighted by Crippen LogP contribution is -2.46. The molecule has 1 aliphatic heterocycles. The van der Waals surface area contributed by atoms with Gasteiger partial charge in [-0.15, -0.1) is 11.3 Å². The lowest BCUT2D eigenvalue weighted by molar-refractivity contribution is 0.0177. The van der Waals surface area contributed by atoms with Gasteiger partial charge in [-0.25, -0.2) is 9.98 Å². The average Bonchev–Trinajstić information content (AvgIpc) is 3.39. The first kappa shape index (κ1) is 21.8. The van der Waals surface area contributed by atoms with Crippen molar-refractivity contribution in [1.82, 2.24) is 25.1 Å². The van der Waals surface area contributed by atoms with Crippen molar-refractivity contribution in [3.05, 3.63) is 40.6 Å². The highest BCUT2D eigenvalue weighted by Gasteiger charge is 2.23. The van der Waals surface area contributed by atoms with Gasteiger partial charge in [-0.2, -0.15) is 0 Å². The Bertz CT molecular complexity index is 736. The van der Waals surface area contributed by atoms with Crippen molar-refractivity contribution in [3.8, 4) is 0 Å². The molecule has 0 aliphatic carbocycles. The van der Waals surface area contributed by atoms with Crippen LogP contribution >= 0.6 is 11.3 Å². The maximum atomic E-state index is 5.55. The van der Waals surface area contributed by atoms with Crippen molar-refractivity contribution < 1.29 is 4.74 Å². The third-order valence-electron chi connectivity index (χ3n) is 4.91. The molecule has 0 spiro atoms. The molecule has 0 saturated carbocycles. The van der Waals surface area contributed by atoms with Crippen LogP contribution in [0.3, 0.4) is 0 Å². The lowest BCUT2D eigenvalue weighted by Gasteiger charge is -2.34. The smallest absolute Gasteiger partial charge is 0.191 e. The van der Waals surface area contributed by atoms with Crippen molar-refractivity contribution in [3.63, 3.8) is 0 Å². The van der Waals surface area contributed by atoms with Crippen LogP contribution < -0.4 is 10.6 Å². The van der Waals surface area contributed by atoms with E-state index in [2.05, 4.69) is 63.4 Å². The Kier molecular flexibility index (Phi) is 8.52. The minimum absolute atomic E-state index is 0.325. The van der Waals surface area contributed by atoms with Gasteiger partial charge in [0.05, 0.1) is 19.3 Å². The Labute approximate surface area is 178 Å². The molecule has 1 saturated heterocycles. The van der Waals surface area contributed by atoms with E-state index in [0.29, 0.717) is 18.5 Å². The van der Waals surface area contributed by atoms with Crippen molar-refractivity contribution >= 4 is 17.3 Å². The zero-order valence-corrected chi connectivity index (χ0v) is 18.6. The lowest BCUT2D eigenvalue weighted by atomic mass is 10.2. The third kappa shape index (κ3) is 6.55. The topological polar surface area (TPSA) is 66.7 Å². The van der Waals surface area contributed by atoms with E-state index in [1.807, 2.05) is 23.7 Å². The number of nitrogens with one attached hydrogen (secondary N) is 2. The van der Waals surface area contributed by atoms with Gasteiger partial charge in [-0.3, -0.25) is 4.90 Å². The summed E-state index contributed by atoms with van der Waals surface area (Å²) in [6.45, 7) is 13.2. The molecule has 160 valence electrons. The summed E-state index contributed by atoms with van der Waals surface area (Å²) in [5, 5.41) is 9.08. The molecule has 1 aliphatic rings. The van der Waals surface area contributed by atoms with Gasteiger partial charge in [0.2, 0.25) is 0 Å². The number of ether oxygens (including phenoxy) is 1. The first-order valence-electron chi connectivity index (χ1n) is 10.5. The zero-order valence-electron chi connectivity index (χ0n) is 17.8. The monoisotopic (exact) mass is 418 g/mol. The molecule has 2 N–H and O–H groups in total. The Morgan fingerprint density at radius 2 is 2.14 bits per heavy atom. The average molecular weight is 419 g/mol. The Hall–Kier alpha value is -1.90. The van der Waals surface area contributed by atoms with Gasteiger partial charge in [-0.05, 0) is 24.3 Å². The van der Waals surface area contributed by atoms with Gasteiger partial charge in [-0.1, -0.05) is 19.9 Å². The summed E-state index contributed by atoms with van der Waals surface area (Å²) in [6, 6.07) is 4.67. The SMILES string of the molecule is CCNC(=NCc1nccn1CC(C)C)NCC(c1cccs1)N1CCOCC1. The Morgan fingerprint density at radius 1 is 1.31 bits per heavy atom. The van der Waals surface area contributed by atoms with E-state index in [0.717, 1.165) is 57.7 Å². The summed E-state index contributed by atoms with van der Waals surface area (Å²) >= 11 is 1.81. The summed E-state index contributed by atoms with van der Waals surface area (Å²) in [5.41, 5.74) is 0. The third-order valence-corrected chi connectivity index (χ3v) is 5.88. The molecule has 2 aromatic heterocycles. The summed E-state index contributed by atoms with van der Waals surface area (Å²) in [4.78, 5) is 13.2. The number of guanidine groups is 1. The van der Waals surface area contributed by atoms with E-state index >= 15 is 0 Å². The fraction of sp³-hybridized carbons (Fsp3) is 0.619.